The molecule has 0 saturated carbocycles. The van der Waals surface area contributed by atoms with Crippen LogP contribution in [0.25, 0.3) is 11.0 Å². The molecule has 92 valence electrons. The summed E-state index contributed by atoms with van der Waals surface area (Å²) in [6, 6.07) is 6.21. The van der Waals surface area contributed by atoms with E-state index in [-0.39, 0.29) is 0 Å². The number of benzene rings is 1. The Morgan fingerprint density at radius 3 is 3.06 bits per heavy atom. The number of fused-ring (bicyclic) bond motifs is 1. The summed E-state index contributed by atoms with van der Waals surface area (Å²) < 4.78 is 0. The van der Waals surface area contributed by atoms with Gasteiger partial charge in [-0.1, -0.05) is 6.92 Å². The van der Waals surface area contributed by atoms with Gasteiger partial charge in [-0.2, -0.15) is 0 Å². The summed E-state index contributed by atoms with van der Waals surface area (Å²) in [6.45, 7) is 5.88. The molecule has 0 aliphatic carbocycles. The summed E-state index contributed by atoms with van der Waals surface area (Å²) in [5.74, 6) is 1.55. The Hall–Kier alpha value is -1.55. The van der Waals surface area contributed by atoms with Crippen molar-refractivity contribution in [1.82, 2.24) is 9.97 Å². The fourth-order valence-corrected chi connectivity index (χ4v) is 1.93. The summed E-state index contributed by atoms with van der Waals surface area (Å²) in [7, 11) is 0. The molecule has 0 amide bonds. The van der Waals surface area contributed by atoms with Crippen LogP contribution < -0.4 is 11.1 Å². The molecular weight excluding hydrogens is 212 g/mol. The first-order chi connectivity index (χ1) is 8.19. The lowest BCUT2D eigenvalue weighted by molar-refractivity contribution is 0.568. The Bertz CT molecular complexity index is 489. The van der Waals surface area contributed by atoms with E-state index < -0.39 is 0 Å². The van der Waals surface area contributed by atoms with Gasteiger partial charge in [-0.15, -0.1) is 0 Å². The van der Waals surface area contributed by atoms with Crippen molar-refractivity contribution >= 4 is 16.7 Å². The van der Waals surface area contributed by atoms with Crippen LogP contribution in [0.15, 0.2) is 18.2 Å². The zero-order valence-corrected chi connectivity index (χ0v) is 10.5. The number of nitrogens with two attached hydrogens (primary N) is 1. The van der Waals surface area contributed by atoms with Crippen LogP contribution in [-0.4, -0.2) is 23.1 Å². The van der Waals surface area contributed by atoms with E-state index in [4.69, 9.17) is 5.73 Å². The minimum Gasteiger partial charge on any atom is -0.385 e. The second-order valence-electron chi connectivity index (χ2n) is 4.62. The average molecular weight is 232 g/mol. The van der Waals surface area contributed by atoms with Crippen LogP contribution in [0, 0.1) is 12.8 Å². The van der Waals surface area contributed by atoms with Crippen molar-refractivity contribution in [2.75, 3.05) is 18.4 Å². The Kier molecular flexibility index (Phi) is 3.64. The molecule has 17 heavy (non-hydrogen) atoms. The molecule has 0 aliphatic heterocycles. The van der Waals surface area contributed by atoms with Gasteiger partial charge in [-0.25, -0.2) is 4.98 Å². The maximum atomic E-state index is 5.53. The van der Waals surface area contributed by atoms with Gasteiger partial charge >= 0.3 is 0 Å². The van der Waals surface area contributed by atoms with E-state index in [1.807, 2.05) is 13.0 Å². The van der Waals surface area contributed by atoms with E-state index in [0.29, 0.717) is 5.92 Å². The molecule has 1 heterocycles. The van der Waals surface area contributed by atoms with Gasteiger partial charge in [0.1, 0.15) is 5.82 Å². The van der Waals surface area contributed by atoms with Crippen LogP contribution in [0.5, 0.6) is 0 Å². The molecule has 4 nitrogen and oxygen atoms in total. The summed E-state index contributed by atoms with van der Waals surface area (Å²) in [5, 5.41) is 3.43. The van der Waals surface area contributed by atoms with Gasteiger partial charge < -0.3 is 16.0 Å². The van der Waals surface area contributed by atoms with Crippen LogP contribution in [0.4, 0.5) is 5.69 Å². The highest BCUT2D eigenvalue weighted by Gasteiger charge is 2.03. The Morgan fingerprint density at radius 2 is 2.29 bits per heavy atom. The highest BCUT2D eigenvalue weighted by atomic mass is 14.9. The standard InChI is InChI=1S/C13H20N4/c1-9(5-6-14)8-15-11-3-4-12-13(7-11)17-10(2)16-12/h3-4,7,9,15H,5-6,8,14H2,1-2H3,(H,16,17). The van der Waals surface area contributed by atoms with Crippen LogP contribution >= 0.6 is 0 Å². The molecule has 0 fully saturated rings. The van der Waals surface area contributed by atoms with Crippen LogP contribution in [0.2, 0.25) is 0 Å². The van der Waals surface area contributed by atoms with Crippen molar-refractivity contribution < 1.29 is 0 Å². The fraction of sp³-hybridized carbons (Fsp3) is 0.462. The van der Waals surface area contributed by atoms with Gasteiger partial charge in [0.2, 0.25) is 0 Å². The topological polar surface area (TPSA) is 66.7 Å². The molecule has 0 radical (unpaired) electrons. The first kappa shape index (κ1) is 11.9. The molecule has 1 aromatic heterocycles. The van der Waals surface area contributed by atoms with Gasteiger partial charge in [-0.3, -0.25) is 0 Å². The number of nitrogens with zero attached hydrogens (tertiary/aromatic N) is 1. The number of rotatable bonds is 5. The van der Waals surface area contributed by atoms with Gasteiger partial charge in [0.15, 0.2) is 0 Å². The maximum Gasteiger partial charge on any atom is 0.104 e. The summed E-state index contributed by atoms with van der Waals surface area (Å²) in [6.07, 6.45) is 1.05. The number of anilines is 1. The second-order valence-corrected chi connectivity index (χ2v) is 4.62. The van der Waals surface area contributed by atoms with Crippen LogP contribution in [0.3, 0.4) is 0 Å². The number of aryl methyl sites for hydroxylation is 1. The lowest BCUT2D eigenvalue weighted by Crippen LogP contribution is -2.15. The minimum atomic E-state index is 0.596. The van der Waals surface area contributed by atoms with E-state index in [0.717, 1.165) is 42.1 Å². The van der Waals surface area contributed by atoms with Gasteiger partial charge in [0, 0.05) is 12.2 Å². The smallest absolute Gasteiger partial charge is 0.104 e. The number of H-pyrrole nitrogens is 1. The Morgan fingerprint density at radius 1 is 1.47 bits per heavy atom. The highest BCUT2D eigenvalue weighted by Crippen LogP contribution is 2.17. The van der Waals surface area contributed by atoms with Crippen molar-refractivity contribution in [3.63, 3.8) is 0 Å². The zero-order valence-electron chi connectivity index (χ0n) is 10.5. The molecule has 2 rings (SSSR count). The molecule has 1 aromatic carbocycles. The zero-order chi connectivity index (χ0) is 12.3. The largest absolute Gasteiger partial charge is 0.385 e. The molecule has 4 heteroatoms. The summed E-state index contributed by atoms with van der Waals surface area (Å²) in [5.41, 5.74) is 8.76. The minimum absolute atomic E-state index is 0.596. The molecule has 2 aromatic rings. The van der Waals surface area contributed by atoms with E-state index in [1.54, 1.807) is 0 Å². The SMILES string of the molecule is Cc1nc2ccc(NCC(C)CCN)cc2[nH]1. The second kappa shape index (κ2) is 5.19. The summed E-state index contributed by atoms with van der Waals surface area (Å²) in [4.78, 5) is 7.62. The molecule has 0 aliphatic rings. The van der Waals surface area contributed by atoms with Gasteiger partial charge in [-0.05, 0) is 44.0 Å². The number of hydrogen-bond donors (Lipinski definition) is 3. The van der Waals surface area contributed by atoms with E-state index in [9.17, 15) is 0 Å². The highest BCUT2D eigenvalue weighted by molar-refractivity contribution is 5.79. The number of nitrogens with one attached hydrogen (secondary N) is 2. The molecule has 4 N–H and O–H groups in total. The number of aromatic nitrogens is 2. The first-order valence-corrected chi connectivity index (χ1v) is 6.09. The average Bonchev–Trinajstić information content (AvgIpc) is 2.66. The van der Waals surface area contributed by atoms with Crippen LogP contribution in [0.1, 0.15) is 19.2 Å². The van der Waals surface area contributed by atoms with E-state index in [2.05, 4.69) is 34.3 Å². The monoisotopic (exact) mass is 232 g/mol. The van der Waals surface area contributed by atoms with Crippen molar-refractivity contribution in [2.45, 2.75) is 20.3 Å². The quantitative estimate of drug-likeness (QED) is 0.741. The van der Waals surface area contributed by atoms with Crippen LogP contribution in [-0.2, 0) is 0 Å². The molecular formula is C13H20N4. The molecule has 1 unspecified atom stereocenters. The molecule has 1 atom stereocenters. The van der Waals surface area contributed by atoms with E-state index >= 15 is 0 Å². The normalized spacial score (nSPS) is 12.9. The predicted molar refractivity (Wildman–Crippen MR) is 72.2 cm³/mol. The lowest BCUT2D eigenvalue weighted by atomic mass is 10.1. The number of hydrogen-bond acceptors (Lipinski definition) is 3. The van der Waals surface area contributed by atoms with Crippen molar-refractivity contribution in [3.05, 3.63) is 24.0 Å². The predicted octanol–water partition coefficient (Wildman–Crippen LogP) is 2.27. The number of imidazole rings is 1. The van der Waals surface area contributed by atoms with E-state index in [1.165, 1.54) is 0 Å². The van der Waals surface area contributed by atoms with Gasteiger partial charge in [0.05, 0.1) is 11.0 Å². The molecule has 0 spiro atoms. The lowest BCUT2D eigenvalue weighted by Gasteiger charge is -2.12. The van der Waals surface area contributed by atoms with Gasteiger partial charge in [0.25, 0.3) is 0 Å². The third-order valence-corrected chi connectivity index (χ3v) is 2.91. The number of aromatic amines is 1. The third kappa shape index (κ3) is 2.97. The third-order valence-electron chi connectivity index (χ3n) is 2.91. The van der Waals surface area contributed by atoms with Crippen molar-refractivity contribution in [3.8, 4) is 0 Å². The Labute approximate surface area is 102 Å². The molecule has 0 bridgehead atoms. The molecule has 0 saturated heterocycles. The fourth-order valence-electron chi connectivity index (χ4n) is 1.93. The Balaban J connectivity index is 2.03. The first-order valence-electron chi connectivity index (χ1n) is 6.09. The van der Waals surface area contributed by atoms with Crippen molar-refractivity contribution in [1.29, 1.82) is 0 Å². The summed E-state index contributed by atoms with van der Waals surface area (Å²) >= 11 is 0. The van der Waals surface area contributed by atoms with Crippen molar-refractivity contribution in [2.24, 2.45) is 11.7 Å². The maximum absolute atomic E-state index is 5.53.